The Bertz CT molecular complexity index is 152. The van der Waals surface area contributed by atoms with Crippen LogP contribution in [-0.4, -0.2) is 34.2 Å². The number of hydrogen-bond acceptors (Lipinski definition) is 4. The third-order valence-corrected chi connectivity index (χ3v) is 1.06. The zero-order chi connectivity index (χ0) is 8.53. The predicted octanol–water partition coefficient (Wildman–Crippen LogP) is -0.696. The number of aryl methyl sites for hydroxylation is 1. The second-order valence-electron chi connectivity index (χ2n) is 1.79. The summed E-state index contributed by atoms with van der Waals surface area (Å²) in [6.07, 6.45) is 3.22. The fourth-order valence-electron chi connectivity index (χ4n) is 0.606. The molecular formula is C6H14N4O. The SMILES string of the molecule is CN.OCCCc1cn[nH]n1. The van der Waals surface area contributed by atoms with E-state index in [1.165, 1.54) is 7.05 Å². The third kappa shape index (κ3) is 4.46. The van der Waals surface area contributed by atoms with Crippen molar-refractivity contribution < 1.29 is 5.11 Å². The molecule has 5 heteroatoms. The topological polar surface area (TPSA) is 87.8 Å². The summed E-state index contributed by atoms with van der Waals surface area (Å²) in [5.41, 5.74) is 5.41. The lowest BCUT2D eigenvalue weighted by atomic mass is 10.3. The predicted molar refractivity (Wildman–Crippen MR) is 41.9 cm³/mol. The first-order valence-corrected chi connectivity index (χ1v) is 3.46. The number of rotatable bonds is 3. The molecule has 0 aliphatic rings. The number of aromatic amines is 1. The van der Waals surface area contributed by atoms with E-state index >= 15 is 0 Å². The number of hydrogen-bond donors (Lipinski definition) is 3. The molecule has 0 saturated heterocycles. The van der Waals surface area contributed by atoms with Gasteiger partial charge in [-0.3, -0.25) is 0 Å². The first-order chi connectivity index (χ1) is 5.43. The molecular weight excluding hydrogens is 144 g/mol. The maximum absolute atomic E-state index is 8.41. The van der Waals surface area contributed by atoms with E-state index in [-0.39, 0.29) is 6.61 Å². The normalized spacial score (nSPS) is 8.64. The molecule has 0 amide bonds. The van der Waals surface area contributed by atoms with Crippen LogP contribution in [0.5, 0.6) is 0 Å². The van der Waals surface area contributed by atoms with Crippen LogP contribution in [0.4, 0.5) is 0 Å². The van der Waals surface area contributed by atoms with Crippen LogP contribution >= 0.6 is 0 Å². The van der Waals surface area contributed by atoms with E-state index in [9.17, 15) is 0 Å². The average molecular weight is 158 g/mol. The highest BCUT2D eigenvalue weighted by Gasteiger charge is 1.92. The van der Waals surface area contributed by atoms with Gasteiger partial charge >= 0.3 is 0 Å². The summed E-state index contributed by atoms with van der Waals surface area (Å²) in [6.45, 7) is 0.215. The van der Waals surface area contributed by atoms with Gasteiger partial charge in [-0.2, -0.15) is 15.4 Å². The van der Waals surface area contributed by atoms with Crippen molar-refractivity contribution in [1.82, 2.24) is 15.4 Å². The highest BCUT2D eigenvalue weighted by molar-refractivity contribution is 4.89. The van der Waals surface area contributed by atoms with Gasteiger partial charge in [-0.25, -0.2) is 0 Å². The van der Waals surface area contributed by atoms with E-state index in [1.54, 1.807) is 6.20 Å². The number of nitrogens with one attached hydrogen (secondary N) is 1. The lowest BCUT2D eigenvalue weighted by molar-refractivity contribution is 0.288. The first-order valence-electron chi connectivity index (χ1n) is 3.46. The molecule has 0 saturated carbocycles. The molecule has 0 aliphatic heterocycles. The number of aliphatic hydroxyl groups excluding tert-OH is 1. The summed E-state index contributed by atoms with van der Waals surface area (Å²) >= 11 is 0. The van der Waals surface area contributed by atoms with Crippen molar-refractivity contribution in [2.24, 2.45) is 5.73 Å². The number of aliphatic hydroxyl groups is 1. The Morgan fingerprint density at radius 2 is 2.36 bits per heavy atom. The third-order valence-electron chi connectivity index (χ3n) is 1.06. The molecule has 0 unspecified atom stereocenters. The molecule has 0 fully saturated rings. The highest BCUT2D eigenvalue weighted by atomic mass is 16.2. The van der Waals surface area contributed by atoms with Gasteiger partial charge in [0, 0.05) is 6.61 Å². The van der Waals surface area contributed by atoms with Crippen LogP contribution < -0.4 is 5.73 Å². The Balaban J connectivity index is 0.000000461. The van der Waals surface area contributed by atoms with Crippen LogP contribution in [0, 0.1) is 0 Å². The maximum atomic E-state index is 8.41. The fourth-order valence-corrected chi connectivity index (χ4v) is 0.606. The van der Waals surface area contributed by atoms with Crippen LogP contribution in [0.1, 0.15) is 12.1 Å². The summed E-state index contributed by atoms with van der Waals surface area (Å²) in [7, 11) is 1.50. The molecule has 0 atom stereocenters. The van der Waals surface area contributed by atoms with Gasteiger partial charge in [0.2, 0.25) is 0 Å². The molecule has 0 bridgehead atoms. The lowest BCUT2D eigenvalue weighted by Crippen LogP contribution is -1.88. The van der Waals surface area contributed by atoms with Gasteiger partial charge in [0.15, 0.2) is 0 Å². The minimum Gasteiger partial charge on any atom is -0.396 e. The lowest BCUT2D eigenvalue weighted by Gasteiger charge is -1.87. The molecule has 0 spiro atoms. The second kappa shape index (κ2) is 7.17. The van der Waals surface area contributed by atoms with Crippen molar-refractivity contribution in [2.45, 2.75) is 12.8 Å². The van der Waals surface area contributed by atoms with E-state index < -0.39 is 0 Å². The zero-order valence-electron chi connectivity index (χ0n) is 6.62. The quantitative estimate of drug-likeness (QED) is 0.543. The Morgan fingerprint density at radius 3 is 2.82 bits per heavy atom. The van der Waals surface area contributed by atoms with Crippen LogP contribution in [0.3, 0.4) is 0 Å². The molecule has 5 nitrogen and oxygen atoms in total. The molecule has 0 aromatic carbocycles. The molecule has 4 N–H and O–H groups in total. The summed E-state index contributed by atoms with van der Waals surface area (Å²) in [5.74, 6) is 0. The number of H-pyrrole nitrogens is 1. The van der Waals surface area contributed by atoms with E-state index in [0.717, 1.165) is 18.5 Å². The van der Waals surface area contributed by atoms with Gasteiger partial charge in [-0.05, 0) is 19.9 Å². The minimum absolute atomic E-state index is 0.215. The molecule has 1 aromatic rings. The van der Waals surface area contributed by atoms with Crippen LogP contribution in [-0.2, 0) is 6.42 Å². The van der Waals surface area contributed by atoms with Crippen molar-refractivity contribution in [3.8, 4) is 0 Å². The number of nitrogens with zero attached hydrogens (tertiary/aromatic N) is 2. The standard InChI is InChI=1S/C5H9N3O.CH5N/c9-3-1-2-5-4-6-8-7-5;1-2/h4,9H,1-3H2,(H,6,7,8);2H2,1H3. The second-order valence-corrected chi connectivity index (χ2v) is 1.79. The summed E-state index contributed by atoms with van der Waals surface area (Å²) in [6, 6.07) is 0. The van der Waals surface area contributed by atoms with Crippen LogP contribution in [0.25, 0.3) is 0 Å². The van der Waals surface area contributed by atoms with E-state index in [2.05, 4.69) is 21.1 Å². The number of nitrogens with two attached hydrogens (primary N) is 1. The van der Waals surface area contributed by atoms with Gasteiger partial charge in [-0.15, -0.1) is 0 Å². The zero-order valence-corrected chi connectivity index (χ0v) is 6.62. The van der Waals surface area contributed by atoms with Crippen molar-refractivity contribution in [3.63, 3.8) is 0 Å². The van der Waals surface area contributed by atoms with Crippen molar-refractivity contribution in [2.75, 3.05) is 13.7 Å². The van der Waals surface area contributed by atoms with Gasteiger partial charge in [-0.1, -0.05) is 0 Å². The van der Waals surface area contributed by atoms with Gasteiger partial charge in [0.25, 0.3) is 0 Å². The molecule has 64 valence electrons. The Labute approximate surface area is 65.6 Å². The largest absolute Gasteiger partial charge is 0.396 e. The van der Waals surface area contributed by atoms with E-state index in [4.69, 9.17) is 5.11 Å². The van der Waals surface area contributed by atoms with E-state index in [1.807, 2.05) is 0 Å². The molecule has 1 rings (SSSR count). The van der Waals surface area contributed by atoms with Gasteiger partial charge in [0.05, 0.1) is 11.9 Å². The smallest absolute Gasteiger partial charge is 0.0825 e. The number of aromatic nitrogens is 3. The van der Waals surface area contributed by atoms with Crippen molar-refractivity contribution in [1.29, 1.82) is 0 Å². The Morgan fingerprint density at radius 1 is 1.64 bits per heavy atom. The summed E-state index contributed by atoms with van der Waals surface area (Å²) in [4.78, 5) is 0. The Kier molecular flexibility index (Phi) is 6.56. The maximum Gasteiger partial charge on any atom is 0.0825 e. The highest BCUT2D eigenvalue weighted by Crippen LogP contribution is 1.92. The van der Waals surface area contributed by atoms with Crippen molar-refractivity contribution in [3.05, 3.63) is 11.9 Å². The molecule has 1 heterocycles. The van der Waals surface area contributed by atoms with Crippen LogP contribution in [0.15, 0.2) is 6.20 Å². The molecule has 0 aliphatic carbocycles. The Hall–Kier alpha value is -0.940. The first kappa shape index (κ1) is 10.1. The average Bonchev–Trinajstić information content (AvgIpc) is 2.57. The van der Waals surface area contributed by atoms with E-state index in [0.29, 0.717) is 0 Å². The monoisotopic (exact) mass is 158 g/mol. The molecule has 0 radical (unpaired) electrons. The minimum atomic E-state index is 0.215. The summed E-state index contributed by atoms with van der Waals surface area (Å²) < 4.78 is 0. The van der Waals surface area contributed by atoms with Gasteiger partial charge < -0.3 is 10.8 Å². The van der Waals surface area contributed by atoms with Crippen molar-refractivity contribution >= 4 is 0 Å². The molecule has 11 heavy (non-hydrogen) atoms. The summed E-state index contributed by atoms with van der Waals surface area (Å²) in [5, 5.41) is 18.3. The fraction of sp³-hybridized carbons (Fsp3) is 0.667. The van der Waals surface area contributed by atoms with Crippen LogP contribution in [0.2, 0.25) is 0 Å². The molecule has 1 aromatic heterocycles. The van der Waals surface area contributed by atoms with Gasteiger partial charge in [0.1, 0.15) is 0 Å².